The number of hydrogen-bond donors (Lipinski definition) is 1. The topological polar surface area (TPSA) is 15.3 Å². The molecular weight excluding hydrogens is 229 g/mol. The van der Waals surface area contributed by atoms with Crippen molar-refractivity contribution in [2.75, 3.05) is 27.2 Å². The highest BCUT2D eigenvalue weighted by Gasteiger charge is 2.30. The van der Waals surface area contributed by atoms with Crippen LogP contribution in [0.4, 0.5) is 13.2 Å². The molecule has 0 saturated carbocycles. The number of rotatable bonds is 5. The number of nitrogens with zero attached hydrogens (tertiary/aromatic N) is 1. The summed E-state index contributed by atoms with van der Waals surface area (Å²) in [5.41, 5.74) is 0.0583. The number of nitrogens with one attached hydrogen (secondary N) is 1. The van der Waals surface area contributed by atoms with Crippen molar-refractivity contribution in [3.63, 3.8) is 0 Å². The fraction of sp³-hybridized carbons (Fsp3) is 0.500. The van der Waals surface area contributed by atoms with Gasteiger partial charge in [-0.05, 0) is 25.7 Å². The summed E-state index contributed by atoms with van der Waals surface area (Å²) < 4.78 is 37.3. The monoisotopic (exact) mass is 246 g/mol. The van der Waals surface area contributed by atoms with Crippen LogP contribution in [0.1, 0.15) is 11.1 Å². The lowest BCUT2D eigenvalue weighted by atomic mass is 10.1. The van der Waals surface area contributed by atoms with Crippen molar-refractivity contribution in [2.45, 2.75) is 12.7 Å². The molecule has 0 atom stereocenters. The predicted molar refractivity (Wildman–Crippen MR) is 61.7 cm³/mol. The summed E-state index contributed by atoms with van der Waals surface area (Å²) >= 11 is 0. The summed E-state index contributed by atoms with van der Waals surface area (Å²) in [7, 11) is 3.90. The highest BCUT2D eigenvalue weighted by Crippen LogP contribution is 2.29. The molecule has 0 aliphatic heterocycles. The number of hydrogen-bond acceptors (Lipinski definition) is 2. The fourth-order valence-electron chi connectivity index (χ4n) is 1.39. The Kier molecular flexibility index (Phi) is 4.96. The van der Waals surface area contributed by atoms with Crippen LogP contribution in [0.2, 0.25) is 0 Å². The lowest BCUT2D eigenvalue weighted by molar-refractivity contribution is -0.137. The van der Waals surface area contributed by atoms with Crippen molar-refractivity contribution >= 4 is 0 Å². The van der Waals surface area contributed by atoms with Crippen LogP contribution in [-0.4, -0.2) is 32.1 Å². The molecule has 1 rings (SSSR count). The first-order chi connectivity index (χ1) is 7.89. The zero-order chi connectivity index (χ0) is 12.9. The maximum Gasteiger partial charge on any atom is 0.416 e. The second kappa shape index (κ2) is 6.02. The normalized spacial score (nSPS) is 12.1. The largest absolute Gasteiger partial charge is 0.416 e. The molecule has 17 heavy (non-hydrogen) atoms. The Morgan fingerprint density at radius 2 is 1.94 bits per heavy atom. The van der Waals surface area contributed by atoms with E-state index in [1.807, 2.05) is 19.0 Å². The summed E-state index contributed by atoms with van der Waals surface area (Å²) in [6.07, 6.45) is -4.26. The van der Waals surface area contributed by atoms with Gasteiger partial charge >= 0.3 is 6.18 Å². The van der Waals surface area contributed by atoms with Crippen LogP contribution in [0.5, 0.6) is 0 Å². The molecule has 0 aromatic heterocycles. The van der Waals surface area contributed by atoms with Crippen LogP contribution in [0, 0.1) is 0 Å². The summed E-state index contributed by atoms with van der Waals surface area (Å²) in [6, 6.07) is 5.40. The van der Waals surface area contributed by atoms with E-state index in [9.17, 15) is 13.2 Å². The van der Waals surface area contributed by atoms with Gasteiger partial charge in [0.25, 0.3) is 0 Å². The van der Waals surface area contributed by atoms with E-state index < -0.39 is 11.7 Å². The maximum atomic E-state index is 12.4. The van der Waals surface area contributed by atoms with Gasteiger partial charge < -0.3 is 10.2 Å². The number of likely N-dealkylation sites (N-methyl/N-ethyl adjacent to an activating group) is 1. The van der Waals surface area contributed by atoms with Crippen LogP contribution < -0.4 is 5.32 Å². The summed E-state index contributed by atoms with van der Waals surface area (Å²) in [4.78, 5) is 2.01. The van der Waals surface area contributed by atoms with Gasteiger partial charge in [0.05, 0.1) is 5.56 Å². The van der Waals surface area contributed by atoms with Gasteiger partial charge in [-0.3, -0.25) is 0 Å². The van der Waals surface area contributed by atoms with E-state index in [0.717, 1.165) is 19.2 Å². The molecule has 0 unspecified atom stereocenters. The molecule has 0 fully saturated rings. The van der Waals surface area contributed by atoms with Crippen LogP contribution in [0.3, 0.4) is 0 Å². The summed E-state index contributed by atoms with van der Waals surface area (Å²) in [5, 5.41) is 3.10. The lowest BCUT2D eigenvalue weighted by Crippen LogP contribution is -2.26. The second-order valence-corrected chi connectivity index (χ2v) is 4.18. The maximum absolute atomic E-state index is 12.4. The van der Waals surface area contributed by atoms with Crippen LogP contribution in [-0.2, 0) is 12.7 Å². The first-order valence-corrected chi connectivity index (χ1v) is 5.41. The zero-order valence-electron chi connectivity index (χ0n) is 10.0. The molecule has 0 aliphatic carbocycles. The van der Waals surface area contributed by atoms with Gasteiger partial charge in [0.1, 0.15) is 0 Å². The Balaban J connectivity index is 2.49. The Bertz CT molecular complexity index is 348. The van der Waals surface area contributed by atoms with E-state index in [1.54, 1.807) is 6.07 Å². The third-order valence-corrected chi connectivity index (χ3v) is 2.32. The molecule has 0 radical (unpaired) electrons. The van der Waals surface area contributed by atoms with Gasteiger partial charge in [-0.15, -0.1) is 0 Å². The highest BCUT2D eigenvalue weighted by molar-refractivity contribution is 5.25. The molecule has 0 heterocycles. The molecule has 0 bridgehead atoms. The van der Waals surface area contributed by atoms with Gasteiger partial charge in [0.15, 0.2) is 0 Å². The third-order valence-electron chi connectivity index (χ3n) is 2.32. The lowest BCUT2D eigenvalue weighted by Gasteiger charge is -2.11. The van der Waals surface area contributed by atoms with E-state index in [-0.39, 0.29) is 0 Å². The smallest absolute Gasteiger partial charge is 0.311 e. The molecule has 0 amide bonds. The minimum absolute atomic E-state index is 0.456. The van der Waals surface area contributed by atoms with Crippen LogP contribution in [0.25, 0.3) is 0 Å². The van der Waals surface area contributed by atoms with E-state index in [0.29, 0.717) is 12.1 Å². The van der Waals surface area contributed by atoms with Crippen LogP contribution >= 0.6 is 0 Å². The van der Waals surface area contributed by atoms with E-state index in [2.05, 4.69) is 5.32 Å². The van der Waals surface area contributed by atoms with Gasteiger partial charge in [-0.1, -0.05) is 18.2 Å². The first-order valence-electron chi connectivity index (χ1n) is 5.41. The van der Waals surface area contributed by atoms with Crippen molar-refractivity contribution < 1.29 is 13.2 Å². The fourth-order valence-corrected chi connectivity index (χ4v) is 1.39. The number of benzene rings is 1. The average Bonchev–Trinajstić information content (AvgIpc) is 2.23. The second-order valence-electron chi connectivity index (χ2n) is 4.18. The zero-order valence-corrected chi connectivity index (χ0v) is 10.0. The minimum atomic E-state index is -4.26. The molecule has 5 heteroatoms. The van der Waals surface area contributed by atoms with Crippen molar-refractivity contribution in [3.05, 3.63) is 35.4 Å². The van der Waals surface area contributed by atoms with Crippen molar-refractivity contribution in [1.82, 2.24) is 10.2 Å². The number of halogens is 3. The molecule has 0 saturated heterocycles. The predicted octanol–water partition coefficient (Wildman–Crippen LogP) is 2.36. The first kappa shape index (κ1) is 14.0. The molecule has 1 N–H and O–H groups in total. The van der Waals surface area contributed by atoms with Crippen molar-refractivity contribution in [1.29, 1.82) is 0 Å². The molecule has 1 aromatic rings. The van der Waals surface area contributed by atoms with Gasteiger partial charge in [0.2, 0.25) is 0 Å². The summed E-state index contributed by atoms with van der Waals surface area (Å²) in [5.74, 6) is 0. The molecule has 0 spiro atoms. The Morgan fingerprint density at radius 1 is 1.24 bits per heavy atom. The van der Waals surface area contributed by atoms with Crippen molar-refractivity contribution in [2.24, 2.45) is 0 Å². The van der Waals surface area contributed by atoms with E-state index in [1.165, 1.54) is 12.1 Å². The molecule has 1 aromatic carbocycles. The van der Waals surface area contributed by atoms with E-state index >= 15 is 0 Å². The van der Waals surface area contributed by atoms with Crippen molar-refractivity contribution in [3.8, 4) is 0 Å². The van der Waals surface area contributed by atoms with Gasteiger partial charge in [-0.2, -0.15) is 13.2 Å². The molecule has 2 nitrogen and oxygen atoms in total. The molecular formula is C12H17F3N2. The van der Waals surface area contributed by atoms with Crippen LogP contribution in [0.15, 0.2) is 24.3 Å². The van der Waals surface area contributed by atoms with E-state index in [4.69, 9.17) is 0 Å². The van der Waals surface area contributed by atoms with Gasteiger partial charge in [-0.25, -0.2) is 0 Å². The minimum Gasteiger partial charge on any atom is -0.311 e. The molecule has 96 valence electrons. The Morgan fingerprint density at radius 3 is 2.53 bits per heavy atom. The quantitative estimate of drug-likeness (QED) is 0.802. The summed E-state index contributed by atoms with van der Waals surface area (Å²) in [6.45, 7) is 2.07. The Labute approximate surface area is 99.4 Å². The number of alkyl halides is 3. The SMILES string of the molecule is CN(C)CCNCc1cccc(C(F)(F)F)c1. The Hall–Kier alpha value is -1.07. The highest BCUT2D eigenvalue weighted by atomic mass is 19.4. The van der Waals surface area contributed by atoms with Gasteiger partial charge in [0, 0.05) is 19.6 Å². The third kappa shape index (κ3) is 5.19. The standard InChI is InChI=1S/C12H17F3N2/c1-17(2)7-6-16-9-10-4-3-5-11(8-10)12(13,14)15/h3-5,8,16H,6-7,9H2,1-2H3. The molecule has 0 aliphatic rings. The average molecular weight is 246 g/mol.